The molecule has 242 valence electrons. The number of aromatic nitrogens is 2. The zero-order valence-electron chi connectivity index (χ0n) is 28.6. The average Bonchev–Trinajstić information content (AvgIpc) is 3.55. The van der Waals surface area contributed by atoms with Gasteiger partial charge in [0, 0.05) is 33.1 Å². The van der Waals surface area contributed by atoms with E-state index in [0.717, 1.165) is 72.3 Å². The zero-order chi connectivity index (χ0) is 32.5. The lowest BCUT2D eigenvalue weighted by Crippen LogP contribution is -2.05. The number of nitrogens with one attached hydrogen (secondary N) is 1. The fourth-order valence-corrected chi connectivity index (χ4v) is 5.76. The summed E-state index contributed by atoms with van der Waals surface area (Å²) in [5.41, 5.74) is 5.32. The summed E-state index contributed by atoms with van der Waals surface area (Å²) in [6.45, 7) is 20.0. The summed E-state index contributed by atoms with van der Waals surface area (Å²) in [6, 6.07) is 23.5. The lowest BCUT2D eigenvalue weighted by molar-refractivity contribution is 0.271. The molecule has 0 aliphatic heterocycles. The monoisotopic (exact) mass is 620 g/mol. The Morgan fingerprint density at radius 2 is 0.891 bits per heavy atom. The first kappa shape index (κ1) is 31.7. The van der Waals surface area contributed by atoms with Crippen LogP contribution in [-0.4, -0.2) is 36.0 Å². The summed E-state index contributed by atoms with van der Waals surface area (Å²) in [6.07, 6.45) is 0. The molecule has 0 atom stereocenters. The topological polar surface area (TPSA) is 57.6 Å². The van der Waals surface area contributed by atoms with Crippen LogP contribution in [0.4, 0.5) is 0 Å². The molecular formula is C40H48N2O4. The third kappa shape index (κ3) is 6.62. The molecule has 0 saturated carbocycles. The van der Waals surface area contributed by atoms with Crippen LogP contribution in [0.5, 0.6) is 23.0 Å². The molecule has 0 spiro atoms. The minimum Gasteiger partial charge on any atom is -0.493 e. The van der Waals surface area contributed by atoms with Gasteiger partial charge in [-0.3, -0.25) is 0 Å². The maximum absolute atomic E-state index is 6.41. The number of hydrogen-bond donors (Lipinski definition) is 1. The van der Waals surface area contributed by atoms with Crippen molar-refractivity contribution < 1.29 is 18.9 Å². The van der Waals surface area contributed by atoms with Crippen molar-refractivity contribution in [1.29, 1.82) is 0 Å². The van der Waals surface area contributed by atoms with Crippen LogP contribution in [0.3, 0.4) is 0 Å². The Balaban J connectivity index is 1.60. The van der Waals surface area contributed by atoms with Crippen LogP contribution in [0.1, 0.15) is 55.4 Å². The number of benzene rings is 4. The van der Waals surface area contributed by atoms with Crippen LogP contribution >= 0.6 is 0 Å². The quantitative estimate of drug-likeness (QED) is 0.140. The van der Waals surface area contributed by atoms with Gasteiger partial charge in [-0.25, -0.2) is 0 Å². The van der Waals surface area contributed by atoms with Crippen LogP contribution in [0.25, 0.3) is 49.3 Å². The molecule has 0 radical (unpaired) electrons. The Bertz CT molecular complexity index is 1910. The van der Waals surface area contributed by atoms with E-state index in [1.54, 1.807) is 0 Å². The molecule has 4 aromatic carbocycles. The van der Waals surface area contributed by atoms with Crippen LogP contribution in [-0.2, 0) is 0 Å². The van der Waals surface area contributed by atoms with Crippen molar-refractivity contribution >= 4 is 43.6 Å². The van der Waals surface area contributed by atoms with Gasteiger partial charge in [-0.05, 0) is 84.3 Å². The predicted octanol–water partition coefficient (Wildman–Crippen LogP) is 10.6. The Labute approximate surface area is 272 Å². The second-order valence-corrected chi connectivity index (χ2v) is 14.2. The van der Waals surface area contributed by atoms with Gasteiger partial charge in [-0.15, -0.1) is 0 Å². The van der Waals surface area contributed by atoms with Gasteiger partial charge in [0.1, 0.15) is 23.0 Å². The van der Waals surface area contributed by atoms with E-state index in [1.807, 2.05) is 6.07 Å². The van der Waals surface area contributed by atoms with Gasteiger partial charge in [0.05, 0.1) is 48.7 Å². The number of fused-ring (bicyclic) bond motifs is 6. The third-order valence-electron chi connectivity index (χ3n) is 7.91. The standard InChI is InChI=1S/C40H48N2O4/c1-24(2)20-43-28-9-12-36-32(15-28)35-18-31(46-23-27(7)8)19-39(40(35)41-36)42-37-13-10-29(44-21-25(3)4)16-33(37)34-17-30(11-14-38(34)42)45-22-26(5)6/h9-19,24-27,41H,20-23H2,1-8H3. The number of rotatable bonds is 13. The Morgan fingerprint density at radius 3 is 1.37 bits per heavy atom. The normalized spacial score (nSPS) is 12.2. The number of H-pyrrole nitrogens is 1. The fraction of sp³-hybridized carbons (Fsp3) is 0.400. The van der Waals surface area contributed by atoms with Gasteiger partial charge >= 0.3 is 0 Å². The summed E-state index contributed by atoms with van der Waals surface area (Å²) >= 11 is 0. The highest BCUT2D eigenvalue weighted by molar-refractivity contribution is 6.14. The van der Waals surface area contributed by atoms with Crippen molar-refractivity contribution in [1.82, 2.24) is 9.55 Å². The number of nitrogens with zero attached hydrogens (tertiary/aromatic N) is 1. The van der Waals surface area contributed by atoms with Gasteiger partial charge in [-0.1, -0.05) is 55.4 Å². The highest BCUT2D eigenvalue weighted by Crippen LogP contribution is 2.41. The maximum atomic E-state index is 6.41. The second-order valence-electron chi connectivity index (χ2n) is 14.2. The number of aromatic amines is 1. The molecule has 0 aliphatic rings. The molecular weight excluding hydrogens is 572 g/mol. The van der Waals surface area contributed by atoms with Crippen molar-refractivity contribution in [2.75, 3.05) is 26.4 Å². The first-order valence-corrected chi connectivity index (χ1v) is 16.8. The molecule has 0 aliphatic carbocycles. The first-order valence-electron chi connectivity index (χ1n) is 16.8. The summed E-state index contributed by atoms with van der Waals surface area (Å²) in [7, 11) is 0. The smallest absolute Gasteiger partial charge is 0.122 e. The first-order chi connectivity index (χ1) is 22.1. The highest BCUT2D eigenvalue weighted by atomic mass is 16.5. The van der Waals surface area contributed by atoms with Crippen molar-refractivity contribution in [2.24, 2.45) is 23.7 Å². The molecule has 0 fully saturated rings. The average molecular weight is 621 g/mol. The van der Waals surface area contributed by atoms with Crippen LogP contribution in [0.2, 0.25) is 0 Å². The minimum absolute atomic E-state index is 0.403. The summed E-state index contributed by atoms with van der Waals surface area (Å²) in [5.74, 6) is 5.18. The van der Waals surface area contributed by atoms with Gasteiger partial charge in [0.2, 0.25) is 0 Å². The maximum Gasteiger partial charge on any atom is 0.122 e. The van der Waals surface area contributed by atoms with E-state index in [1.165, 1.54) is 0 Å². The van der Waals surface area contributed by atoms with E-state index in [2.05, 4.69) is 126 Å². The fourth-order valence-electron chi connectivity index (χ4n) is 5.76. The Morgan fingerprint density at radius 1 is 0.478 bits per heavy atom. The third-order valence-corrected chi connectivity index (χ3v) is 7.91. The van der Waals surface area contributed by atoms with Gasteiger partial charge in [0.15, 0.2) is 0 Å². The molecule has 6 rings (SSSR count). The van der Waals surface area contributed by atoms with Gasteiger partial charge in [-0.2, -0.15) is 0 Å². The van der Waals surface area contributed by atoms with Crippen molar-refractivity contribution in [3.63, 3.8) is 0 Å². The van der Waals surface area contributed by atoms with E-state index in [9.17, 15) is 0 Å². The highest BCUT2D eigenvalue weighted by Gasteiger charge is 2.20. The number of hydrogen-bond acceptors (Lipinski definition) is 4. The lowest BCUT2D eigenvalue weighted by atomic mass is 10.1. The molecule has 6 aromatic rings. The molecule has 2 aromatic heterocycles. The molecule has 0 amide bonds. The van der Waals surface area contributed by atoms with Crippen LogP contribution < -0.4 is 18.9 Å². The zero-order valence-corrected chi connectivity index (χ0v) is 28.6. The van der Waals surface area contributed by atoms with E-state index in [0.29, 0.717) is 50.1 Å². The second kappa shape index (κ2) is 13.2. The largest absolute Gasteiger partial charge is 0.493 e. The molecule has 0 saturated heterocycles. The Kier molecular flexibility index (Phi) is 9.08. The summed E-state index contributed by atoms with van der Waals surface area (Å²) in [5, 5.41) is 4.45. The van der Waals surface area contributed by atoms with Crippen LogP contribution in [0.15, 0.2) is 66.7 Å². The molecule has 0 bridgehead atoms. The molecule has 6 heteroatoms. The minimum atomic E-state index is 0.403. The van der Waals surface area contributed by atoms with E-state index in [4.69, 9.17) is 18.9 Å². The molecule has 6 nitrogen and oxygen atoms in total. The predicted molar refractivity (Wildman–Crippen MR) is 191 cm³/mol. The summed E-state index contributed by atoms with van der Waals surface area (Å²) in [4.78, 5) is 3.76. The lowest BCUT2D eigenvalue weighted by Gasteiger charge is -2.15. The van der Waals surface area contributed by atoms with E-state index < -0.39 is 0 Å². The van der Waals surface area contributed by atoms with Crippen molar-refractivity contribution in [2.45, 2.75) is 55.4 Å². The van der Waals surface area contributed by atoms with Crippen molar-refractivity contribution in [3.8, 4) is 28.7 Å². The van der Waals surface area contributed by atoms with Crippen LogP contribution in [0, 0.1) is 23.7 Å². The molecule has 2 heterocycles. The summed E-state index contributed by atoms with van der Waals surface area (Å²) < 4.78 is 27.3. The van der Waals surface area contributed by atoms with Gasteiger partial charge < -0.3 is 28.5 Å². The molecule has 46 heavy (non-hydrogen) atoms. The SMILES string of the molecule is CC(C)COc1ccc2[nH]c3c(-n4c5ccc(OCC(C)C)cc5c5cc(OCC(C)C)ccc54)cc(OCC(C)C)cc3c2c1. The number of ether oxygens (including phenoxy) is 4. The molecule has 0 unspecified atom stereocenters. The van der Waals surface area contributed by atoms with E-state index in [-0.39, 0.29) is 0 Å². The van der Waals surface area contributed by atoms with E-state index >= 15 is 0 Å². The Hall–Kier alpha value is -4.32. The molecule has 1 N–H and O–H groups in total. The van der Waals surface area contributed by atoms with Crippen molar-refractivity contribution in [3.05, 3.63) is 66.7 Å². The van der Waals surface area contributed by atoms with Gasteiger partial charge in [0.25, 0.3) is 0 Å².